The molecule has 0 aliphatic rings. The minimum Gasteiger partial charge on any atom is -0.345 e. The molecule has 1 unspecified atom stereocenters. The lowest BCUT2D eigenvalue weighted by Crippen LogP contribution is -2.40. The summed E-state index contributed by atoms with van der Waals surface area (Å²) in [4.78, 5) is 20.9. The van der Waals surface area contributed by atoms with E-state index in [0.717, 1.165) is 20.9 Å². The molecule has 1 atom stereocenters. The van der Waals surface area contributed by atoms with Crippen LogP contribution in [0.5, 0.6) is 0 Å². The predicted molar refractivity (Wildman–Crippen MR) is 128 cm³/mol. The summed E-state index contributed by atoms with van der Waals surface area (Å²) in [6.07, 6.45) is 0.500. The van der Waals surface area contributed by atoms with Crippen molar-refractivity contribution in [1.82, 2.24) is 19.6 Å². The van der Waals surface area contributed by atoms with Crippen molar-refractivity contribution < 1.29 is 13.2 Å². The van der Waals surface area contributed by atoms with Gasteiger partial charge in [0.15, 0.2) is 0 Å². The second-order valence-corrected chi connectivity index (χ2v) is 10.1. The van der Waals surface area contributed by atoms with Crippen LogP contribution in [-0.2, 0) is 21.2 Å². The number of carbonyl (C=O) groups excluding carboxylic acids is 1. The number of aromatic nitrogens is 2. The van der Waals surface area contributed by atoms with Gasteiger partial charge in [0.05, 0.1) is 28.5 Å². The van der Waals surface area contributed by atoms with E-state index >= 15 is 0 Å². The van der Waals surface area contributed by atoms with Crippen molar-refractivity contribution in [1.29, 1.82) is 0 Å². The Bertz CT molecular complexity index is 1320. The van der Waals surface area contributed by atoms with Crippen molar-refractivity contribution in [3.05, 3.63) is 95.3 Å². The number of sulfonamides is 1. The minimum atomic E-state index is -3.84. The van der Waals surface area contributed by atoms with Gasteiger partial charge in [-0.25, -0.2) is 13.4 Å². The highest BCUT2D eigenvalue weighted by Gasteiger charge is 2.25. The Morgan fingerprint density at radius 1 is 1.03 bits per heavy atom. The molecule has 0 saturated heterocycles. The molecular formula is C24H23ClN4O3S. The van der Waals surface area contributed by atoms with Gasteiger partial charge in [0, 0.05) is 12.1 Å². The highest BCUT2D eigenvalue weighted by molar-refractivity contribution is 7.89. The molecule has 7 nitrogen and oxygen atoms in total. The van der Waals surface area contributed by atoms with Gasteiger partial charge in [-0.05, 0) is 48.4 Å². The molecule has 0 bridgehead atoms. The number of nitrogens with zero attached hydrogens (tertiary/aromatic N) is 2. The molecule has 9 heteroatoms. The Morgan fingerprint density at radius 2 is 1.70 bits per heavy atom. The van der Waals surface area contributed by atoms with Crippen LogP contribution in [0.4, 0.5) is 0 Å². The molecule has 3 aromatic carbocycles. The molecule has 0 aliphatic heterocycles. The van der Waals surface area contributed by atoms with E-state index in [1.807, 2.05) is 54.6 Å². The first-order valence-electron chi connectivity index (χ1n) is 10.3. The van der Waals surface area contributed by atoms with Crippen LogP contribution in [0.1, 0.15) is 17.4 Å². The molecule has 0 spiro atoms. The fraction of sp³-hybridized carbons (Fsp3) is 0.167. The summed E-state index contributed by atoms with van der Waals surface area (Å²) in [7, 11) is -2.47. The second kappa shape index (κ2) is 9.74. The van der Waals surface area contributed by atoms with Crippen LogP contribution in [-0.4, -0.2) is 42.2 Å². The summed E-state index contributed by atoms with van der Waals surface area (Å²) >= 11 is 5.86. The fourth-order valence-electron chi connectivity index (χ4n) is 3.52. The number of likely N-dealkylation sites (N-methyl/N-ethyl adjacent to an activating group) is 1. The Kier molecular flexibility index (Phi) is 6.78. The number of nitrogens with one attached hydrogen (secondary N) is 2. The largest absolute Gasteiger partial charge is 0.345 e. The van der Waals surface area contributed by atoms with Crippen LogP contribution < -0.4 is 5.32 Å². The number of imidazole rings is 1. The van der Waals surface area contributed by atoms with Gasteiger partial charge < -0.3 is 10.3 Å². The zero-order chi connectivity index (χ0) is 23.4. The molecular weight excluding hydrogens is 460 g/mol. The highest BCUT2D eigenvalue weighted by Crippen LogP contribution is 2.21. The monoisotopic (exact) mass is 482 g/mol. The third-order valence-corrected chi connectivity index (χ3v) is 7.31. The molecule has 0 fully saturated rings. The van der Waals surface area contributed by atoms with Crippen molar-refractivity contribution in [2.75, 3.05) is 13.6 Å². The average molecular weight is 483 g/mol. The minimum absolute atomic E-state index is 0.0697. The lowest BCUT2D eigenvalue weighted by atomic mass is 10.1. The van der Waals surface area contributed by atoms with Crippen molar-refractivity contribution in [2.45, 2.75) is 17.4 Å². The molecule has 1 amide bonds. The zero-order valence-corrected chi connectivity index (χ0v) is 19.5. The maximum Gasteiger partial charge on any atom is 0.243 e. The van der Waals surface area contributed by atoms with Crippen LogP contribution in [0.25, 0.3) is 11.0 Å². The molecule has 4 rings (SSSR count). The van der Waals surface area contributed by atoms with E-state index in [2.05, 4.69) is 15.3 Å². The Hall–Kier alpha value is -3.20. The van der Waals surface area contributed by atoms with E-state index < -0.39 is 22.0 Å². The maximum atomic E-state index is 12.9. The molecule has 4 aromatic rings. The molecule has 1 aromatic heterocycles. The second-order valence-electron chi connectivity index (χ2n) is 7.66. The summed E-state index contributed by atoms with van der Waals surface area (Å²) in [6.45, 7) is -0.337. The lowest BCUT2D eigenvalue weighted by Gasteiger charge is -2.20. The lowest BCUT2D eigenvalue weighted by molar-refractivity contribution is -0.121. The van der Waals surface area contributed by atoms with Crippen molar-refractivity contribution in [3.63, 3.8) is 0 Å². The average Bonchev–Trinajstić information content (AvgIpc) is 3.24. The van der Waals surface area contributed by atoms with Gasteiger partial charge >= 0.3 is 0 Å². The van der Waals surface area contributed by atoms with Crippen LogP contribution in [0, 0.1) is 0 Å². The van der Waals surface area contributed by atoms with Crippen LogP contribution >= 0.6 is 11.6 Å². The molecule has 1 heterocycles. The number of halogens is 1. The normalized spacial score (nSPS) is 12.7. The van der Waals surface area contributed by atoms with E-state index in [9.17, 15) is 13.2 Å². The smallest absolute Gasteiger partial charge is 0.243 e. The van der Waals surface area contributed by atoms with E-state index in [1.165, 1.54) is 31.3 Å². The summed E-state index contributed by atoms with van der Waals surface area (Å²) in [5.74, 6) is 0.174. The first-order chi connectivity index (χ1) is 15.8. The van der Waals surface area contributed by atoms with Gasteiger partial charge in [-0.1, -0.05) is 54.1 Å². The first-order valence-corrected chi connectivity index (χ1v) is 12.1. The van der Waals surface area contributed by atoms with Gasteiger partial charge in [0.25, 0.3) is 0 Å². The van der Waals surface area contributed by atoms with Crippen molar-refractivity contribution >= 4 is 38.6 Å². The SMILES string of the molecule is CN(CC(=O)NC(Cc1ccccc1)c1nc2ccccc2[nH]1)S(=O)(=O)c1ccc(Cl)cc1. The number of carbonyl (C=O) groups is 1. The van der Waals surface area contributed by atoms with Gasteiger partial charge in [-0.15, -0.1) is 0 Å². The number of benzene rings is 3. The topological polar surface area (TPSA) is 95.2 Å². The Balaban J connectivity index is 1.53. The number of fused-ring (bicyclic) bond motifs is 1. The van der Waals surface area contributed by atoms with E-state index in [4.69, 9.17) is 11.6 Å². The van der Waals surface area contributed by atoms with Gasteiger partial charge in [0.1, 0.15) is 5.82 Å². The third-order valence-electron chi connectivity index (χ3n) is 5.24. The van der Waals surface area contributed by atoms with Gasteiger partial charge in [0.2, 0.25) is 15.9 Å². The molecule has 33 heavy (non-hydrogen) atoms. The molecule has 0 saturated carbocycles. The van der Waals surface area contributed by atoms with Crippen molar-refractivity contribution in [3.8, 4) is 0 Å². The summed E-state index contributed by atoms with van der Waals surface area (Å²) in [5.41, 5.74) is 2.68. The Morgan fingerprint density at radius 3 is 2.39 bits per heavy atom. The van der Waals surface area contributed by atoms with E-state index in [1.54, 1.807) is 0 Å². The number of para-hydroxylation sites is 2. The standard InChI is InChI=1S/C24H23ClN4O3S/c1-29(33(31,32)19-13-11-18(25)12-14-19)16-23(30)26-22(15-17-7-3-2-4-8-17)24-27-20-9-5-6-10-21(20)28-24/h2-14,22H,15-16H2,1H3,(H,26,30)(H,27,28). The summed E-state index contributed by atoms with van der Waals surface area (Å²) in [6, 6.07) is 22.7. The molecule has 2 N–H and O–H groups in total. The van der Waals surface area contributed by atoms with E-state index in [0.29, 0.717) is 17.3 Å². The quantitative estimate of drug-likeness (QED) is 0.397. The molecule has 0 radical (unpaired) electrons. The fourth-order valence-corrected chi connectivity index (χ4v) is 4.77. The number of amides is 1. The number of rotatable bonds is 8. The molecule has 0 aliphatic carbocycles. The van der Waals surface area contributed by atoms with Gasteiger partial charge in [-0.2, -0.15) is 4.31 Å². The van der Waals surface area contributed by atoms with E-state index in [-0.39, 0.29) is 11.4 Å². The Labute approximate surface area is 197 Å². The molecule has 170 valence electrons. The van der Waals surface area contributed by atoms with Gasteiger partial charge in [-0.3, -0.25) is 4.79 Å². The summed E-state index contributed by atoms with van der Waals surface area (Å²) < 4.78 is 26.7. The third kappa shape index (κ3) is 5.42. The predicted octanol–water partition coefficient (Wildman–Crippen LogP) is 3.94. The van der Waals surface area contributed by atoms with Crippen molar-refractivity contribution in [2.24, 2.45) is 0 Å². The zero-order valence-electron chi connectivity index (χ0n) is 17.9. The number of hydrogen-bond donors (Lipinski definition) is 2. The van der Waals surface area contributed by atoms with Crippen LogP contribution in [0.2, 0.25) is 5.02 Å². The number of aromatic amines is 1. The van der Waals surface area contributed by atoms with Crippen LogP contribution in [0.3, 0.4) is 0 Å². The first kappa shape index (κ1) is 23.0. The summed E-state index contributed by atoms with van der Waals surface area (Å²) in [5, 5.41) is 3.38. The highest BCUT2D eigenvalue weighted by atomic mass is 35.5. The number of H-pyrrole nitrogens is 1. The van der Waals surface area contributed by atoms with Crippen LogP contribution in [0.15, 0.2) is 83.8 Å². The maximum absolute atomic E-state index is 12.9. The number of hydrogen-bond acceptors (Lipinski definition) is 4.